The van der Waals surface area contributed by atoms with Gasteiger partial charge in [-0.2, -0.15) is 0 Å². The number of para-hydroxylation sites is 1. The number of imidazole rings is 1. The zero-order valence-electron chi connectivity index (χ0n) is 13.0. The molecule has 2 N–H and O–H groups in total. The topological polar surface area (TPSA) is 70.1 Å². The Morgan fingerprint density at radius 2 is 2.14 bits per heavy atom. The number of hydrogen-bond acceptors (Lipinski definition) is 4. The monoisotopic (exact) mass is 301 g/mol. The van der Waals surface area contributed by atoms with Gasteiger partial charge in [-0.25, -0.2) is 4.98 Å². The van der Waals surface area contributed by atoms with Crippen LogP contribution in [0.25, 0.3) is 11.0 Å². The average Bonchev–Trinajstić information content (AvgIpc) is 2.89. The van der Waals surface area contributed by atoms with Gasteiger partial charge in [-0.15, -0.1) is 0 Å². The van der Waals surface area contributed by atoms with Crippen LogP contribution in [0.2, 0.25) is 0 Å². The lowest BCUT2D eigenvalue weighted by atomic mass is 9.88. The molecule has 1 fully saturated rings. The fourth-order valence-corrected chi connectivity index (χ4v) is 3.36. The quantitative estimate of drug-likeness (QED) is 0.695. The number of carbonyl (C=O) groups excluding carboxylic acids is 1. The van der Waals surface area contributed by atoms with Gasteiger partial charge in [0, 0.05) is 5.92 Å². The fraction of sp³-hybridized carbons (Fsp3) is 0.529. The maximum atomic E-state index is 12.0. The van der Waals surface area contributed by atoms with Gasteiger partial charge in [0.15, 0.2) is 0 Å². The van der Waals surface area contributed by atoms with Gasteiger partial charge in [0.05, 0.1) is 17.8 Å². The summed E-state index contributed by atoms with van der Waals surface area (Å²) < 4.78 is 7.12. The maximum absolute atomic E-state index is 12.0. The van der Waals surface area contributed by atoms with E-state index in [4.69, 9.17) is 15.5 Å². The van der Waals surface area contributed by atoms with Gasteiger partial charge in [0.1, 0.15) is 17.9 Å². The molecule has 0 radical (unpaired) electrons. The Balaban J connectivity index is 2.04. The fourth-order valence-electron chi connectivity index (χ4n) is 3.36. The molecule has 1 saturated carbocycles. The largest absolute Gasteiger partial charge is 0.465 e. The van der Waals surface area contributed by atoms with Crippen LogP contribution in [-0.2, 0) is 16.1 Å². The number of anilines is 1. The van der Waals surface area contributed by atoms with E-state index < -0.39 is 0 Å². The SMILES string of the molecule is CCOC(=O)Cn1c(C2CCCCC2)nc2c(N)cccc21. The van der Waals surface area contributed by atoms with E-state index in [2.05, 4.69) is 0 Å². The number of benzene rings is 1. The minimum atomic E-state index is -0.221. The Morgan fingerprint density at radius 1 is 1.36 bits per heavy atom. The number of esters is 1. The molecule has 0 atom stereocenters. The lowest BCUT2D eigenvalue weighted by Crippen LogP contribution is -2.18. The van der Waals surface area contributed by atoms with Crippen LogP contribution in [0, 0.1) is 0 Å². The van der Waals surface area contributed by atoms with Gasteiger partial charge >= 0.3 is 5.97 Å². The first-order valence-electron chi connectivity index (χ1n) is 8.11. The minimum Gasteiger partial charge on any atom is -0.465 e. The lowest BCUT2D eigenvalue weighted by molar-refractivity contribution is -0.143. The summed E-state index contributed by atoms with van der Waals surface area (Å²) in [6.07, 6.45) is 6.00. The van der Waals surface area contributed by atoms with Crippen molar-refractivity contribution in [3.05, 3.63) is 24.0 Å². The van der Waals surface area contributed by atoms with Crippen molar-refractivity contribution in [2.45, 2.75) is 51.5 Å². The molecular formula is C17H23N3O2. The third-order valence-corrected chi connectivity index (χ3v) is 4.40. The van der Waals surface area contributed by atoms with Crippen LogP contribution < -0.4 is 5.73 Å². The van der Waals surface area contributed by atoms with Crippen LogP contribution in [0.4, 0.5) is 5.69 Å². The number of hydrogen-bond donors (Lipinski definition) is 1. The third-order valence-electron chi connectivity index (χ3n) is 4.40. The standard InChI is InChI=1S/C17H23N3O2/c1-2-22-15(21)11-20-14-10-6-9-13(18)16(14)19-17(20)12-7-4-3-5-8-12/h6,9-10,12H,2-5,7-8,11,18H2,1H3. The molecule has 0 amide bonds. The van der Waals surface area contributed by atoms with Gasteiger partial charge in [0.2, 0.25) is 0 Å². The molecule has 5 nitrogen and oxygen atoms in total. The van der Waals surface area contributed by atoms with Gasteiger partial charge in [-0.05, 0) is 31.9 Å². The van der Waals surface area contributed by atoms with Crippen molar-refractivity contribution in [1.82, 2.24) is 9.55 Å². The second-order valence-electron chi connectivity index (χ2n) is 5.91. The van der Waals surface area contributed by atoms with Crippen LogP contribution in [0.15, 0.2) is 18.2 Å². The first-order valence-corrected chi connectivity index (χ1v) is 8.11. The van der Waals surface area contributed by atoms with Crippen molar-refractivity contribution in [2.24, 2.45) is 0 Å². The summed E-state index contributed by atoms with van der Waals surface area (Å²) >= 11 is 0. The Kier molecular flexibility index (Phi) is 4.32. The van der Waals surface area contributed by atoms with Gasteiger partial charge in [0.25, 0.3) is 0 Å². The number of fused-ring (bicyclic) bond motifs is 1. The molecule has 118 valence electrons. The summed E-state index contributed by atoms with van der Waals surface area (Å²) in [5.74, 6) is 1.18. The number of rotatable bonds is 4. The molecule has 1 aliphatic carbocycles. The van der Waals surface area contributed by atoms with E-state index in [9.17, 15) is 4.79 Å². The van der Waals surface area contributed by atoms with Gasteiger partial charge in [-0.1, -0.05) is 25.3 Å². The van der Waals surface area contributed by atoms with Gasteiger partial charge in [-0.3, -0.25) is 4.79 Å². The number of nitrogen functional groups attached to an aromatic ring is 1. The van der Waals surface area contributed by atoms with Crippen molar-refractivity contribution in [2.75, 3.05) is 12.3 Å². The number of nitrogens with two attached hydrogens (primary N) is 1. The Bertz CT molecular complexity index is 672. The van der Waals surface area contributed by atoms with E-state index in [1.807, 2.05) is 29.7 Å². The zero-order chi connectivity index (χ0) is 15.5. The minimum absolute atomic E-state index is 0.208. The number of aromatic nitrogens is 2. The van der Waals surface area contributed by atoms with Crippen LogP contribution in [0.5, 0.6) is 0 Å². The smallest absolute Gasteiger partial charge is 0.326 e. The lowest BCUT2D eigenvalue weighted by Gasteiger charge is -2.22. The van der Waals surface area contributed by atoms with Crippen molar-refractivity contribution >= 4 is 22.7 Å². The molecule has 1 aliphatic rings. The van der Waals surface area contributed by atoms with E-state index >= 15 is 0 Å². The highest BCUT2D eigenvalue weighted by molar-refractivity contribution is 5.88. The maximum Gasteiger partial charge on any atom is 0.326 e. The van der Waals surface area contributed by atoms with E-state index in [0.717, 1.165) is 29.7 Å². The van der Waals surface area contributed by atoms with Crippen LogP contribution >= 0.6 is 0 Å². The van der Waals surface area contributed by atoms with E-state index in [0.29, 0.717) is 18.2 Å². The molecule has 0 aliphatic heterocycles. The molecule has 2 aromatic rings. The summed E-state index contributed by atoms with van der Waals surface area (Å²) in [6, 6.07) is 5.74. The van der Waals surface area contributed by atoms with Crippen LogP contribution in [-0.4, -0.2) is 22.1 Å². The molecule has 1 aromatic carbocycles. The second kappa shape index (κ2) is 6.38. The zero-order valence-corrected chi connectivity index (χ0v) is 13.0. The predicted octanol–water partition coefficient (Wildman–Crippen LogP) is 3.23. The Hall–Kier alpha value is -2.04. The van der Waals surface area contributed by atoms with Crippen LogP contribution in [0.3, 0.4) is 0 Å². The average molecular weight is 301 g/mol. The number of carbonyl (C=O) groups is 1. The Labute approximate surface area is 130 Å². The normalized spacial score (nSPS) is 16.0. The summed E-state index contributed by atoms with van der Waals surface area (Å²) in [5.41, 5.74) is 8.45. The molecule has 0 spiro atoms. The molecule has 22 heavy (non-hydrogen) atoms. The molecule has 5 heteroatoms. The predicted molar refractivity (Wildman–Crippen MR) is 86.6 cm³/mol. The van der Waals surface area contributed by atoms with Crippen LogP contribution in [0.1, 0.15) is 50.8 Å². The van der Waals surface area contributed by atoms with Gasteiger partial charge < -0.3 is 15.0 Å². The van der Waals surface area contributed by atoms with Crippen molar-refractivity contribution < 1.29 is 9.53 Å². The van der Waals surface area contributed by atoms with Crippen molar-refractivity contribution in [3.63, 3.8) is 0 Å². The number of nitrogens with zero attached hydrogens (tertiary/aromatic N) is 2. The third kappa shape index (κ3) is 2.80. The molecule has 1 heterocycles. The molecule has 0 bridgehead atoms. The molecule has 0 saturated heterocycles. The highest BCUT2D eigenvalue weighted by Crippen LogP contribution is 2.34. The van der Waals surface area contributed by atoms with E-state index in [-0.39, 0.29) is 12.5 Å². The van der Waals surface area contributed by atoms with Crippen molar-refractivity contribution in [1.29, 1.82) is 0 Å². The first kappa shape index (κ1) is 14.9. The number of ether oxygens (including phenoxy) is 1. The highest BCUT2D eigenvalue weighted by atomic mass is 16.5. The first-order chi connectivity index (χ1) is 10.7. The highest BCUT2D eigenvalue weighted by Gasteiger charge is 2.24. The summed E-state index contributed by atoms with van der Waals surface area (Å²) in [7, 11) is 0. The Morgan fingerprint density at radius 3 is 2.86 bits per heavy atom. The second-order valence-corrected chi connectivity index (χ2v) is 5.91. The summed E-state index contributed by atoms with van der Waals surface area (Å²) in [6.45, 7) is 2.43. The van der Waals surface area contributed by atoms with E-state index in [1.54, 1.807) is 0 Å². The van der Waals surface area contributed by atoms with E-state index in [1.165, 1.54) is 19.3 Å². The molecule has 3 rings (SSSR count). The summed E-state index contributed by atoms with van der Waals surface area (Å²) in [4.78, 5) is 16.8. The summed E-state index contributed by atoms with van der Waals surface area (Å²) in [5, 5.41) is 0. The molecule has 1 aromatic heterocycles. The molecule has 0 unspecified atom stereocenters. The van der Waals surface area contributed by atoms with Crippen molar-refractivity contribution in [3.8, 4) is 0 Å². The molecular weight excluding hydrogens is 278 g/mol.